The lowest BCUT2D eigenvalue weighted by molar-refractivity contribution is -0.132. The molecule has 1 fully saturated rings. The number of aliphatic hydroxyl groups is 1. The van der Waals surface area contributed by atoms with Crippen molar-refractivity contribution in [2.75, 3.05) is 26.2 Å². The highest BCUT2D eigenvalue weighted by molar-refractivity contribution is 6.52. The van der Waals surface area contributed by atoms with Gasteiger partial charge in [0.15, 0.2) is 11.5 Å². The van der Waals surface area contributed by atoms with Gasteiger partial charge in [0.1, 0.15) is 22.3 Å². The van der Waals surface area contributed by atoms with Gasteiger partial charge in [-0.1, -0.05) is 46.9 Å². The fourth-order valence-corrected chi connectivity index (χ4v) is 5.10. The maximum atomic E-state index is 13.8. The molecule has 1 amide bonds. The fourth-order valence-electron chi connectivity index (χ4n) is 4.16. The summed E-state index contributed by atoms with van der Waals surface area (Å²) >= 11 is 19.0. The Bertz CT molecular complexity index is 1440. The number of nitrogens with zero attached hydrogens (tertiary/aromatic N) is 1. The zero-order valence-corrected chi connectivity index (χ0v) is 21.9. The molecule has 1 atom stereocenters. The second-order valence-electron chi connectivity index (χ2n) is 7.83. The first-order chi connectivity index (χ1) is 17.6. The number of Topliss-reactive ketones (excluding diaryl/α,β-unsaturated/α-hetero) is 1. The van der Waals surface area contributed by atoms with E-state index < -0.39 is 29.3 Å². The molecular formula is C26H19Cl3FNO6. The second-order valence-corrected chi connectivity index (χ2v) is 9.02. The van der Waals surface area contributed by atoms with Crippen LogP contribution in [-0.2, 0) is 9.59 Å². The molecule has 0 bridgehead atoms. The van der Waals surface area contributed by atoms with Crippen LogP contribution in [0.4, 0.5) is 10.1 Å². The molecule has 0 spiro atoms. The molecule has 3 aromatic carbocycles. The van der Waals surface area contributed by atoms with Gasteiger partial charge in [0.2, 0.25) is 0 Å². The van der Waals surface area contributed by atoms with Crippen molar-refractivity contribution in [1.29, 1.82) is 0 Å². The van der Waals surface area contributed by atoms with Gasteiger partial charge in [-0.2, -0.15) is 0 Å². The van der Waals surface area contributed by atoms with Crippen molar-refractivity contribution in [2.24, 2.45) is 0 Å². The number of methoxy groups -OCH3 is 3. The average molecular weight is 567 g/mol. The summed E-state index contributed by atoms with van der Waals surface area (Å²) < 4.78 is 29.5. The Labute approximate surface area is 226 Å². The van der Waals surface area contributed by atoms with E-state index in [9.17, 15) is 19.1 Å². The summed E-state index contributed by atoms with van der Waals surface area (Å²) in [6.45, 7) is 0. The Morgan fingerprint density at radius 1 is 0.892 bits per heavy atom. The minimum absolute atomic E-state index is 0.0306. The molecule has 1 heterocycles. The number of ether oxygens (including phenoxy) is 3. The molecule has 0 saturated carbocycles. The maximum Gasteiger partial charge on any atom is 0.300 e. The van der Waals surface area contributed by atoms with Crippen molar-refractivity contribution < 1.29 is 33.3 Å². The van der Waals surface area contributed by atoms with Crippen LogP contribution in [-0.4, -0.2) is 38.1 Å². The molecule has 0 radical (unpaired) electrons. The minimum atomic E-state index is -1.16. The third-order valence-corrected chi connectivity index (χ3v) is 6.76. The van der Waals surface area contributed by atoms with Crippen LogP contribution >= 0.6 is 34.8 Å². The van der Waals surface area contributed by atoms with Gasteiger partial charge < -0.3 is 19.3 Å². The van der Waals surface area contributed by atoms with Crippen LogP contribution in [0.1, 0.15) is 17.2 Å². The highest BCUT2D eigenvalue weighted by Gasteiger charge is 2.47. The quantitative estimate of drug-likeness (QED) is 0.210. The lowest BCUT2D eigenvalue weighted by atomic mass is 9.94. The summed E-state index contributed by atoms with van der Waals surface area (Å²) in [4.78, 5) is 27.9. The van der Waals surface area contributed by atoms with Gasteiger partial charge in [0.05, 0.1) is 48.6 Å². The number of ketones is 1. The van der Waals surface area contributed by atoms with Crippen LogP contribution in [0.3, 0.4) is 0 Å². The van der Waals surface area contributed by atoms with Gasteiger partial charge in [0, 0.05) is 5.69 Å². The van der Waals surface area contributed by atoms with Gasteiger partial charge in [0.25, 0.3) is 11.7 Å². The average Bonchev–Trinajstić information content (AvgIpc) is 3.14. The molecule has 0 aliphatic carbocycles. The standard InChI is InChI=1S/C26H19Cl3FNO6/c1-35-18-9-8-14(10-16(18)27)31-21(12-4-6-13(30)7-5-12)19(23(33)26(31)34)22(32)15-11-17(28)25(37-3)20(29)24(15)36-2/h4-11,21,32H,1-3H3/b22-19+. The normalized spacial score (nSPS) is 16.7. The molecule has 4 rings (SSSR count). The van der Waals surface area contributed by atoms with E-state index >= 15 is 0 Å². The lowest BCUT2D eigenvalue weighted by Gasteiger charge is -2.26. The Morgan fingerprint density at radius 2 is 1.54 bits per heavy atom. The van der Waals surface area contributed by atoms with Crippen molar-refractivity contribution in [3.05, 3.63) is 86.1 Å². The molecule has 1 aliphatic heterocycles. The van der Waals surface area contributed by atoms with E-state index in [1.807, 2.05) is 0 Å². The number of halogens is 4. The molecular weight excluding hydrogens is 548 g/mol. The Hall–Kier alpha value is -3.46. The molecule has 1 N–H and O–H groups in total. The smallest absolute Gasteiger partial charge is 0.300 e. The van der Waals surface area contributed by atoms with Crippen LogP contribution in [0.2, 0.25) is 15.1 Å². The Kier molecular flexibility index (Phi) is 7.54. The highest BCUT2D eigenvalue weighted by Crippen LogP contribution is 2.48. The zero-order chi connectivity index (χ0) is 27.0. The van der Waals surface area contributed by atoms with Gasteiger partial charge in [-0.05, 0) is 42.0 Å². The molecule has 0 aromatic heterocycles. The molecule has 11 heteroatoms. The van der Waals surface area contributed by atoms with E-state index in [0.29, 0.717) is 11.3 Å². The van der Waals surface area contributed by atoms with Crippen LogP contribution < -0.4 is 19.1 Å². The summed E-state index contributed by atoms with van der Waals surface area (Å²) in [6.07, 6.45) is 0. The predicted molar refractivity (Wildman–Crippen MR) is 139 cm³/mol. The summed E-state index contributed by atoms with van der Waals surface area (Å²) in [7, 11) is 4.09. The van der Waals surface area contributed by atoms with Crippen LogP contribution in [0.25, 0.3) is 5.76 Å². The third kappa shape index (κ3) is 4.56. The van der Waals surface area contributed by atoms with E-state index in [0.717, 1.165) is 4.90 Å². The molecule has 37 heavy (non-hydrogen) atoms. The number of benzene rings is 3. The number of hydrogen-bond donors (Lipinski definition) is 1. The van der Waals surface area contributed by atoms with Gasteiger partial charge in [-0.3, -0.25) is 14.5 Å². The highest BCUT2D eigenvalue weighted by atomic mass is 35.5. The van der Waals surface area contributed by atoms with Crippen molar-refractivity contribution >= 4 is 57.9 Å². The maximum absolute atomic E-state index is 13.8. The van der Waals surface area contributed by atoms with Gasteiger partial charge in [-0.25, -0.2) is 4.39 Å². The third-order valence-electron chi connectivity index (χ3n) is 5.84. The Morgan fingerprint density at radius 3 is 2.11 bits per heavy atom. The second kappa shape index (κ2) is 10.5. The molecule has 1 saturated heterocycles. The SMILES string of the molecule is COc1ccc(N2C(=O)C(=O)/C(=C(/O)c3cc(Cl)c(OC)c(Cl)c3OC)C2c2ccc(F)cc2)cc1Cl. The number of hydrogen-bond acceptors (Lipinski definition) is 6. The van der Waals surface area contributed by atoms with Crippen molar-refractivity contribution in [3.63, 3.8) is 0 Å². The van der Waals surface area contributed by atoms with Crippen molar-refractivity contribution in [2.45, 2.75) is 6.04 Å². The molecule has 1 aliphatic rings. The van der Waals surface area contributed by atoms with Crippen LogP contribution in [0, 0.1) is 5.82 Å². The molecule has 192 valence electrons. The first-order valence-corrected chi connectivity index (χ1v) is 11.8. The molecule has 3 aromatic rings. The summed E-state index contributed by atoms with van der Waals surface area (Å²) in [5.74, 6) is -2.64. The van der Waals surface area contributed by atoms with E-state index in [4.69, 9.17) is 49.0 Å². The van der Waals surface area contributed by atoms with Gasteiger partial charge in [-0.15, -0.1) is 0 Å². The molecule has 1 unspecified atom stereocenters. The fraction of sp³-hybridized carbons (Fsp3) is 0.154. The van der Waals surface area contributed by atoms with Crippen molar-refractivity contribution in [1.82, 2.24) is 0 Å². The monoisotopic (exact) mass is 565 g/mol. The number of carbonyl (C=O) groups excluding carboxylic acids is 2. The van der Waals surface area contributed by atoms with E-state index in [2.05, 4.69) is 0 Å². The van der Waals surface area contributed by atoms with E-state index in [1.54, 1.807) is 0 Å². The Balaban J connectivity index is 2.01. The minimum Gasteiger partial charge on any atom is -0.507 e. The lowest BCUT2D eigenvalue weighted by Crippen LogP contribution is -2.29. The van der Waals surface area contributed by atoms with E-state index in [-0.39, 0.29) is 43.4 Å². The summed E-state index contributed by atoms with van der Waals surface area (Å²) in [5.41, 5.74) is 0.258. The van der Waals surface area contributed by atoms with Crippen LogP contribution in [0.15, 0.2) is 54.1 Å². The topological polar surface area (TPSA) is 85.3 Å². The number of anilines is 1. The number of rotatable bonds is 6. The van der Waals surface area contributed by atoms with Crippen molar-refractivity contribution in [3.8, 4) is 17.2 Å². The largest absolute Gasteiger partial charge is 0.507 e. The first kappa shape index (κ1) is 26.6. The zero-order valence-electron chi connectivity index (χ0n) is 19.6. The number of carbonyl (C=O) groups is 2. The van der Waals surface area contributed by atoms with E-state index in [1.165, 1.54) is 69.9 Å². The number of amides is 1. The summed E-state index contributed by atoms with van der Waals surface area (Å²) in [5, 5.41) is 11.6. The summed E-state index contributed by atoms with van der Waals surface area (Å²) in [6, 6.07) is 9.83. The van der Waals surface area contributed by atoms with Gasteiger partial charge >= 0.3 is 0 Å². The number of aliphatic hydroxyl groups excluding tert-OH is 1. The molecule has 7 nitrogen and oxygen atoms in total. The van der Waals surface area contributed by atoms with Crippen LogP contribution in [0.5, 0.6) is 17.2 Å². The predicted octanol–water partition coefficient (Wildman–Crippen LogP) is 6.44. The first-order valence-electron chi connectivity index (χ1n) is 10.6.